The first-order valence-corrected chi connectivity index (χ1v) is 7.06. The van der Waals surface area contributed by atoms with Crippen molar-refractivity contribution in [1.29, 1.82) is 0 Å². The summed E-state index contributed by atoms with van der Waals surface area (Å²) < 4.78 is 0. The van der Waals surface area contributed by atoms with Crippen molar-refractivity contribution in [3.8, 4) is 0 Å². The molecule has 0 N–H and O–H groups in total. The third-order valence-corrected chi connectivity index (χ3v) is 3.79. The van der Waals surface area contributed by atoms with Crippen LogP contribution < -0.4 is 0 Å². The molecule has 0 saturated carbocycles. The monoisotopic (exact) mass is 299 g/mol. The first kappa shape index (κ1) is 13.8. The van der Waals surface area contributed by atoms with Crippen molar-refractivity contribution < 1.29 is 4.79 Å². The molecule has 1 unspecified atom stereocenters. The topological polar surface area (TPSA) is 45.6 Å². The van der Waals surface area contributed by atoms with E-state index < -0.39 is 0 Å². The number of benzene rings is 1. The van der Waals surface area contributed by atoms with E-state index in [1.54, 1.807) is 24.5 Å². The van der Waals surface area contributed by atoms with E-state index in [1.807, 2.05) is 31.2 Å². The van der Waals surface area contributed by atoms with Crippen LogP contribution in [0.25, 0.3) is 0 Å². The Kier molecular flexibility index (Phi) is 3.71. The minimum Gasteiger partial charge on any atom is -0.267 e. The lowest BCUT2D eigenvalue weighted by atomic mass is 10.0. The Morgan fingerprint density at radius 2 is 2.10 bits per heavy atom. The van der Waals surface area contributed by atoms with Crippen LogP contribution in [0.15, 0.2) is 53.9 Å². The van der Waals surface area contributed by atoms with Crippen molar-refractivity contribution in [2.24, 2.45) is 5.10 Å². The maximum atomic E-state index is 12.6. The van der Waals surface area contributed by atoms with Crippen LogP contribution in [0.2, 0.25) is 5.02 Å². The maximum absolute atomic E-state index is 12.6. The SMILES string of the molecule is CC1=NN(C(=O)c2cccnc2)C(c2ccccc2Cl)C1. The van der Waals surface area contributed by atoms with Gasteiger partial charge >= 0.3 is 0 Å². The van der Waals surface area contributed by atoms with Crippen LogP contribution >= 0.6 is 11.6 Å². The number of pyridine rings is 1. The van der Waals surface area contributed by atoms with Gasteiger partial charge in [-0.25, -0.2) is 5.01 Å². The third kappa shape index (κ3) is 2.67. The van der Waals surface area contributed by atoms with E-state index in [-0.39, 0.29) is 11.9 Å². The van der Waals surface area contributed by atoms with E-state index in [0.717, 1.165) is 11.3 Å². The molecule has 1 aromatic heterocycles. The van der Waals surface area contributed by atoms with Crippen molar-refractivity contribution in [3.05, 3.63) is 64.9 Å². The van der Waals surface area contributed by atoms with Crippen molar-refractivity contribution in [1.82, 2.24) is 9.99 Å². The fraction of sp³-hybridized carbons (Fsp3) is 0.188. The minimum atomic E-state index is -0.162. The zero-order chi connectivity index (χ0) is 14.8. The van der Waals surface area contributed by atoms with Gasteiger partial charge in [0.15, 0.2) is 0 Å². The molecule has 2 heterocycles. The second-order valence-corrected chi connectivity index (χ2v) is 5.38. The number of hydrogen-bond acceptors (Lipinski definition) is 3. The molecule has 1 amide bonds. The summed E-state index contributed by atoms with van der Waals surface area (Å²) in [6.07, 6.45) is 3.88. The molecule has 0 aliphatic carbocycles. The molecule has 106 valence electrons. The predicted molar refractivity (Wildman–Crippen MR) is 82.3 cm³/mol. The Balaban J connectivity index is 1.96. The van der Waals surface area contributed by atoms with E-state index in [9.17, 15) is 4.79 Å². The second-order valence-electron chi connectivity index (χ2n) is 4.97. The molecular formula is C16H14ClN3O. The van der Waals surface area contributed by atoms with Crippen molar-refractivity contribution in [2.75, 3.05) is 0 Å². The zero-order valence-electron chi connectivity index (χ0n) is 11.5. The van der Waals surface area contributed by atoms with Gasteiger partial charge in [-0.05, 0) is 30.7 Å². The van der Waals surface area contributed by atoms with Crippen LogP contribution in [-0.4, -0.2) is 21.6 Å². The van der Waals surface area contributed by atoms with Crippen LogP contribution in [0.3, 0.4) is 0 Å². The molecule has 21 heavy (non-hydrogen) atoms. The maximum Gasteiger partial charge on any atom is 0.276 e. The van der Waals surface area contributed by atoms with E-state index in [4.69, 9.17) is 11.6 Å². The summed E-state index contributed by atoms with van der Waals surface area (Å²) in [5.41, 5.74) is 2.35. The molecule has 2 aromatic rings. The fourth-order valence-corrected chi connectivity index (χ4v) is 2.72. The van der Waals surface area contributed by atoms with Gasteiger partial charge in [-0.2, -0.15) is 5.10 Å². The highest BCUT2D eigenvalue weighted by atomic mass is 35.5. The molecule has 4 nitrogen and oxygen atoms in total. The Labute approximate surface area is 128 Å². The molecule has 0 saturated heterocycles. The van der Waals surface area contributed by atoms with Gasteiger partial charge in [0.2, 0.25) is 0 Å². The lowest BCUT2D eigenvalue weighted by molar-refractivity contribution is 0.0711. The predicted octanol–water partition coefficient (Wildman–Crippen LogP) is 3.70. The zero-order valence-corrected chi connectivity index (χ0v) is 12.3. The van der Waals surface area contributed by atoms with Crippen molar-refractivity contribution in [3.63, 3.8) is 0 Å². The van der Waals surface area contributed by atoms with Gasteiger partial charge in [0.05, 0.1) is 11.6 Å². The number of hydrogen-bond donors (Lipinski definition) is 0. The first-order valence-electron chi connectivity index (χ1n) is 6.69. The first-order chi connectivity index (χ1) is 10.2. The third-order valence-electron chi connectivity index (χ3n) is 3.44. The van der Waals surface area contributed by atoms with E-state index in [1.165, 1.54) is 5.01 Å². The van der Waals surface area contributed by atoms with Crippen LogP contribution in [0.4, 0.5) is 0 Å². The Hall–Kier alpha value is -2.20. The van der Waals surface area contributed by atoms with Crippen molar-refractivity contribution in [2.45, 2.75) is 19.4 Å². The molecule has 0 bridgehead atoms. The molecule has 0 fully saturated rings. The number of hydrazone groups is 1. The van der Waals surface area contributed by atoms with Crippen molar-refractivity contribution >= 4 is 23.2 Å². The number of halogens is 1. The fourth-order valence-electron chi connectivity index (χ4n) is 2.46. The van der Waals surface area contributed by atoms with Gasteiger partial charge in [-0.1, -0.05) is 29.8 Å². The van der Waals surface area contributed by atoms with Gasteiger partial charge in [-0.15, -0.1) is 0 Å². The van der Waals surface area contributed by atoms with Crippen LogP contribution in [0.5, 0.6) is 0 Å². The molecule has 1 atom stereocenters. The molecule has 1 aliphatic rings. The normalized spacial score (nSPS) is 17.7. The Morgan fingerprint density at radius 1 is 1.29 bits per heavy atom. The Bertz CT molecular complexity index is 700. The summed E-state index contributed by atoms with van der Waals surface area (Å²) in [4.78, 5) is 16.6. The van der Waals surface area contributed by atoms with Gasteiger partial charge in [0.1, 0.15) is 0 Å². The summed E-state index contributed by atoms with van der Waals surface area (Å²) in [7, 11) is 0. The van der Waals surface area contributed by atoms with E-state index >= 15 is 0 Å². The van der Waals surface area contributed by atoms with E-state index in [0.29, 0.717) is 17.0 Å². The van der Waals surface area contributed by atoms with Gasteiger partial charge in [-0.3, -0.25) is 9.78 Å². The highest BCUT2D eigenvalue weighted by Gasteiger charge is 2.32. The Morgan fingerprint density at radius 3 is 2.81 bits per heavy atom. The molecular weight excluding hydrogens is 286 g/mol. The van der Waals surface area contributed by atoms with Crippen LogP contribution in [-0.2, 0) is 0 Å². The largest absolute Gasteiger partial charge is 0.276 e. The second kappa shape index (κ2) is 5.66. The average molecular weight is 300 g/mol. The summed E-state index contributed by atoms with van der Waals surface area (Å²) in [5, 5.41) is 6.53. The molecule has 1 aromatic carbocycles. The summed E-state index contributed by atoms with van der Waals surface area (Å²) in [5.74, 6) is -0.162. The van der Waals surface area contributed by atoms with Crippen LogP contribution in [0, 0.1) is 0 Å². The highest BCUT2D eigenvalue weighted by Crippen LogP contribution is 2.35. The van der Waals surface area contributed by atoms with E-state index in [2.05, 4.69) is 10.1 Å². The lowest BCUT2D eigenvalue weighted by Gasteiger charge is -2.22. The number of amides is 1. The molecule has 1 aliphatic heterocycles. The number of carbonyl (C=O) groups excluding carboxylic acids is 1. The van der Waals surface area contributed by atoms with Gasteiger partial charge < -0.3 is 0 Å². The molecule has 3 rings (SSSR count). The summed E-state index contributed by atoms with van der Waals surface area (Å²) in [6.45, 7) is 1.92. The summed E-state index contributed by atoms with van der Waals surface area (Å²) >= 11 is 6.27. The van der Waals surface area contributed by atoms with Gasteiger partial charge in [0.25, 0.3) is 5.91 Å². The average Bonchev–Trinajstić information content (AvgIpc) is 2.89. The molecule has 0 spiro atoms. The standard InChI is InChI=1S/C16H14ClN3O/c1-11-9-15(13-6-2-3-7-14(13)17)20(19-11)16(21)12-5-4-8-18-10-12/h2-8,10,15H,9H2,1H3. The lowest BCUT2D eigenvalue weighted by Crippen LogP contribution is -2.27. The highest BCUT2D eigenvalue weighted by molar-refractivity contribution is 6.31. The number of aromatic nitrogens is 1. The van der Waals surface area contributed by atoms with Crippen LogP contribution in [0.1, 0.15) is 35.3 Å². The number of nitrogens with zero attached hydrogens (tertiary/aromatic N) is 3. The number of rotatable bonds is 2. The quantitative estimate of drug-likeness (QED) is 0.849. The van der Waals surface area contributed by atoms with Gasteiger partial charge in [0, 0.05) is 29.5 Å². The minimum absolute atomic E-state index is 0.161. The summed E-state index contributed by atoms with van der Waals surface area (Å²) in [6, 6.07) is 10.9. The number of carbonyl (C=O) groups is 1. The molecule has 0 radical (unpaired) electrons. The smallest absolute Gasteiger partial charge is 0.267 e. The molecule has 5 heteroatoms.